The van der Waals surface area contributed by atoms with E-state index in [0.29, 0.717) is 24.2 Å². The predicted molar refractivity (Wildman–Crippen MR) is 72.2 cm³/mol. The third-order valence-corrected chi connectivity index (χ3v) is 3.13. The van der Waals surface area contributed by atoms with Crippen LogP contribution in [0.4, 0.5) is 0 Å². The molecule has 1 amide bonds. The molecule has 6 nitrogen and oxygen atoms in total. The van der Waals surface area contributed by atoms with Crippen molar-refractivity contribution in [2.75, 3.05) is 13.2 Å². The number of aryl methyl sites for hydroxylation is 1. The zero-order chi connectivity index (χ0) is 14.6. The van der Waals surface area contributed by atoms with Gasteiger partial charge in [0.15, 0.2) is 0 Å². The Morgan fingerprint density at radius 3 is 2.58 bits per heavy atom. The fourth-order valence-electron chi connectivity index (χ4n) is 1.86. The van der Waals surface area contributed by atoms with Gasteiger partial charge in [0.25, 0.3) is 11.5 Å². The Hall–Kier alpha value is -1.69. The fraction of sp³-hybridized carbons (Fsp3) is 0.615. The van der Waals surface area contributed by atoms with Gasteiger partial charge in [-0.15, -0.1) is 0 Å². The summed E-state index contributed by atoms with van der Waals surface area (Å²) in [6.07, 6.45) is 0.491. The molecule has 0 radical (unpaired) electrons. The fourth-order valence-corrected chi connectivity index (χ4v) is 1.86. The largest absolute Gasteiger partial charge is 0.396 e. The maximum atomic E-state index is 12.5. The van der Waals surface area contributed by atoms with Gasteiger partial charge >= 0.3 is 0 Å². The average molecular weight is 267 g/mol. The van der Waals surface area contributed by atoms with E-state index in [1.54, 1.807) is 18.7 Å². The third kappa shape index (κ3) is 3.41. The van der Waals surface area contributed by atoms with E-state index in [2.05, 4.69) is 10.2 Å². The highest BCUT2D eigenvalue weighted by Gasteiger charge is 2.23. The minimum atomic E-state index is -0.470. The maximum absolute atomic E-state index is 12.5. The Bertz CT molecular complexity index is 508. The second kappa shape index (κ2) is 6.47. The summed E-state index contributed by atoms with van der Waals surface area (Å²) in [6.45, 7) is 7.67. The van der Waals surface area contributed by atoms with E-state index in [4.69, 9.17) is 5.11 Å². The molecule has 0 aliphatic rings. The Kier molecular flexibility index (Phi) is 5.23. The lowest BCUT2D eigenvalue weighted by molar-refractivity contribution is 0.0690. The number of rotatable bonds is 5. The molecule has 2 N–H and O–H groups in total. The van der Waals surface area contributed by atoms with E-state index in [1.165, 1.54) is 0 Å². The molecule has 1 rings (SSSR count). The molecule has 0 aliphatic heterocycles. The topological polar surface area (TPSA) is 86.3 Å². The maximum Gasteiger partial charge on any atom is 0.277 e. The van der Waals surface area contributed by atoms with Crippen LogP contribution in [0.25, 0.3) is 0 Å². The number of nitrogens with zero attached hydrogens (tertiary/aromatic N) is 2. The first kappa shape index (κ1) is 15.4. The summed E-state index contributed by atoms with van der Waals surface area (Å²) >= 11 is 0. The van der Waals surface area contributed by atoms with Crippen LogP contribution >= 0.6 is 0 Å². The highest BCUT2D eigenvalue weighted by Crippen LogP contribution is 2.11. The number of aliphatic hydroxyl groups is 1. The number of aromatic nitrogens is 2. The lowest BCUT2D eigenvalue weighted by atomic mass is 10.1. The van der Waals surface area contributed by atoms with Crippen LogP contribution in [0.3, 0.4) is 0 Å². The van der Waals surface area contributed by atoms with Gasteiger partial charge in [-0.05, 0) is 39.7 Å². The van der Waals surface area contributed by atoms with Crippen LogP contribution in [0.5, 0.6) is 0 Å². The van der Waals surface area contributed by atoms with Crippen LogP contribution in [0.15, 0.2) is 4.79 Å². The van der Waals surface area contributed by atoms with Crippen molar-refractivity contribution in [3.8, 4) is 0 Å². The van der Waals surface area contributed by atoms with Crippen molar-refractivity contribution in [2.24, 2.45) is 0 Å². The highest BCUT2D eigenvalue weighted by molar-refractivity contribution is 5.95. The van der Waals surface area contributed by atoms with Crippen LogP contribution < -0.4 is 5.56 Å². The standard InChI is InChI=1S/C13H21N3O3/c1-8(2)16(6-5-7-17)13(19)11-9(3)10(4)14-15-12(11)18/h8,17H,5-7H2,1-4H3,(H,15,18). The molecule has 1 heterocycles. The van der Waals surface area contributed by atoms with Gasteiger partial charge in [0.1, 0.15) is 5.56 Å². The van der Waals surface area contributed by atoms with Crippen LogP contribution in [-0.2, 0) is 0 Å². The van der Waals surface area contributed by atoms with Crippen molar-refractivity contribution < 1.29 is 9.90 Å². The number of aliphatic hydroxyl groups excluding tert-OH is 1. The van der Waals surface area contributed by atoms with E-state index < -0.39 is 5.56 Å². The Morgan fingerprint density at radius 2 is 2.05 bits per heavy atom. The summed E-state index contributed by atoms with van der Waals surface area (Å²) < 4.78 is 0. The minimum Gasteiger partial charge on any atom is -0.396 e. The van der Waals surface area contributed by atoms with Gasteiger partial charge in [0, 0.05) is 19.2 Å². The molecule has 1 aromatic rings. The van der Waals surface area contributed by atoms with Crippen molar-refractivity contribution in [1.82, 2.24) is 15.1 Å². The number of carbonyl (C=O) groups is 1. The SMILES string of the molecule is Cc1n[nH]c(=O)c(C(=O)N(CCCO)C(C)C)c1C. The molecule has 0 aromatic carbocycles. The van der Waals surface area contributed by atoms with Crippen molar-refractivity contribution in [3.63, 3.8) is 0 Å². The Labute approximate surface area is 112 Å². The summed E-state index contributed by atoms with van der Waals surface area (Å²) in [5.74, 6) is -0.312. The number of hydrogen-bond acceptors (Lipinski definition) is 4. The summed E-state index contributed by atoms with van der Waals surface area (Å²) in [7, 11) is 0. The van der Waals surface area contributed by atoms with Gasteiger partial charge in [-0.25, -0.2) is 5.10 Å². The summed E-state index contributed by atoms with van der Waals surface area (Å²) in [5, 5.41) is 15.1. The van der Waals surface area contributed by atoms with E-state index in [0.717, 1.165) is 0 Å². The molecule has 0 unspecified atom stereocenters. The highest BCUT2D eigenvalue weighted by atomic mass is 16.3. The number of aromatic amines is 1. The first-order valence-corrected chi connectivity index (χ1v) is 6.37. The number of nitrogens with one attached hydrogen (secondary N) is 1. The zero-order valence-electron chi connectivity index (χ0n) is 11.9. The van der Waals surface area contributed by atoms with Crippen molar-refractivity contribution in [3.05, 3.63) is 27.2 Å². The molecule has 0 aliphatic carbocycles. The molecule has 0 bridgehead atoms. The summed E-state index contributed by atoms with van der Waals surface area (Å²) in [6, 6.07) is -0.0358. The lowest BCUT2D eigenvalue weighted by Gasteiger charge is -2.26. The van der Waals surface area contributed by atoms with Crippen molar-refractivity contribution >= 4 is 5.91 Å². The normalized spacial score (nSPS) is 10.8. The molecule has 0 saturated carbocycles. The molecule has 1 aromatic heterocycles. The first-order valence-electron chi connectivity index (χ1n) is 6.37. The minimum absolute atomic E-state index is 0.0151. The number of H-pyrrole nitrogens is 1. The van der Waals surface area contributed by atoms with Crippen LogP contribution in [-0.4, -0.2) is 45.3 Å². The van der Waals surface area contributed by atoms with Gasteiger partial charge in [-0.2, -0.15) is 5.10 Å². The van der Waals surface area contributed by atoms with Gasteiger partial charge in [0.2, 0.25) is 0 Å². The summed E-state index contributed by atoms with van der Waals surface area (Å²) in [4.78, 5) is 25.9. The van der Waals surface area contributed by atoms with Gasteiger partial charge in [-0.1, -0.05) is 0 Å². The summed E-state index contributed by atoms with van der Waals surface area (Å²) in [5.41, 5.74) is 0.902. The lowest BCUT2D eigenvalue weighted by Crippen LogP contribution is -2.41. The molecule has 19 heavy (non-hydrogen) atoms. The van der Waals surface area contributed by atoms with Gasteiger partial charge < -0.3 is 10.0 Å². The van der Waals surface area contributed by atoms with E-state index in [-0.39, 0.29) is 24.1 Å². The van der Waals surface area contributed by atoms with Gasteiger partial charge in [0.05, 0.1) is 5.69 Å². The van der Waals surface area contributed by atoms with Crippen LogP contribution in [0.1, 0.15) is 41.9 Å². The predicted octanol–water partition coefficient (Wildman–Crippen LogP) is 0.620. The Balaban J connectivity index is 3.17. The van der Waals surface area contributed by atoms with Gasteiger partial charge in [-0.3, -0.25) is 9.59 Å². The average Bonchev–Trinajstić information content (AvgIpc) is 2.34. The second-order valence-corrected chi connectivity index (χ2v) is 4.81. The number of carbonyl (C=O) groups excluding carboxylic acids is 1. The smallest absolute Gasteiger partial charge is 0.277 e. The Morgan fingerprint density at radius 1 is 1.42 bits per heavy atom. The molecular weight excluding hydrogens is 246 g/mol. The molecular formula is C13H21N3O3. The van der Waals surface area contributed by atoms with Crippen molar-refractivity contribution in [1.29, 1.82) is 0 Å². The van der Waals surface area contributed by atoms with E-state index in [9.17, 15) is 9.59 Å². The zero-order valence-corrected chi connectivity index (χ0v) is 11.9. The quantitative estimate of drug-likeness (QED) is 0.819. The molecule has 106 valence electrons. The number of hydrogen-bond donors (Lipinski definition) is 2. The molecule has 0 saturated heterocycles. The van der Waals surface area contributed by atoms with Crippen LogP contribution in [0.2, 0.25) is 0 Å². The third-order valence-electron chi connectivity index (χ3n) is 3.13. The van der Waals surface area contributed by atoms with Crippen molar-refractivity contribution in [2.45, 2.75) is 40.2 Å². The number of amides is 1. The van der Waals surface area contributed by atoms with E-state index >= 15 is 0 Å². The second-order valence-electron chi connectivity index (χ2n) is 4.81. The first-order chi connectivity index (χ1) is 8.90. The molecule has 0 spiro atoms. The van der Waals surface area contributed by atoms with Crippen LogP contribution in [0, 0.1) is 13.8 Å². The monoisotopic (exact) mass is 267 g/mol. The molecule has 0 fully saturated rings. The molecule has 0 atom stereocenters. The van der Waals surface area contributed by atoms with E-state index in [1.807, 2.05) is 13.8 Å². The molecule has 6 heteroatoms.